The summed E-state index contributed by atoms with van der Waals surface area (Å²) in [7, 11) is 0. The van der Waals surface area contributed by atoms with Crippen molar-refractivity contribution in [3.63, 3.8) is 0 Å². The van der Waals surface area contributed by atoms with Gasteiger partial charge in [0.1, 0.15) is 5.84 Å². The Morgan fingerprint density at radius 2 is 2.17 bits per heavy atom. The Bertz CT molecular complexity index is 967. The van der Waals surface area contributed by atoms with Gasteiger partial charge in [-0.25, -0.2) is 13.8 Å². The van der Waals surface area contributed by atoms with Gasteiger partial charge in [0, 0.05) is 36.3 Å². The van der Waals surface area contributed by atoms with Crippen LogP contribution in [0.15, 0.2) is 58.9 Å². The molecule has 0 spiro atoms. The molecule has 29 heavy (non-hydrogen) atoms. The Morgan fingerprint density at radius 3 is 2.86 bits per heavy atom. The zero-order valence-electron chi connectivity index (χ0n) is 15.9. The van der Waals surface area contributed by atoms with Crippen LogP contribution in [0.2, 0.25) is 0 Å². The van der Waals surface area contributed by atoms with Gasteiger partial charge >= 0.3 is 0 Å². The average Bonchev–Trinajstić information content (AvgIpc) is 3.34. The average molecular weight is 417 g/mol. The molecule has 1 aliphatic heterocycles. The standard InChI is InChI=1S/C20H21F2N5OS/c1-12-10-18(27-26-12)24-9-8-23-13(2)14-4-3-5-15(11-14)25-20(28)17-7-6-16(29-17)19(21)22/h3-9,11,13,19,23H,10H2,1-2H3,(H,24,27)(H,25,28). The van der Waals surface area contributed by atoms with Crippen molar-refractivity contribution in [3.8, 4) is 0 Å². The van der Waals surface area contributed by atoms with Crippen LogP contribution in [-0.4, -0.2) is 17.5 Å². The van der Waals surface area contributed by atoms with Crippen LogP contribution in [0.1, 0.15) is 52.8 Å². The van der Waals surface area contributed by atoms with Gasteiger partial charge in [-0.3, -0.25) is 10.2 Å². The van der Waals surface area contributed by atoms with Crippen LogP contribution >= 0.6 is 11.3 Å². The molecule has 1 unspecified atom stereocenters. The third-order valence-electron chi connectivity index (χ3n) is 4.16. The highest BCUT2D eigenvalue weighted by atomic mass is 32.1. The van der Waals surface area contributed by atoms with E-state index in [0.29, 0.717) is 12.1 Å². The van der Waals surface area contributed by atoms with Crippen LogP contribution in [0.25, 0.3) is 0 Å². The lowest BCUT2D eigenvalue weighted by Crippen LogP contribution is -2.14. The Hall–Kier alpha value is -3.07. The molecule has 3 rings (SSSR count). The first kappa shape index (κ1) is 20.7. The van der Waals surface area contributed by atoms with E-state index in [1.165, 1.54) is 12.1 Å². The van der Waals surface area contributed by atoms with Crippen LogP contribution < -0.4 is 16.1 Å². The van der Waals surface area contributed by atoms with Crippen molar-refractivity contribution in [3.05, 3.63) is 64.1 Å². The number of nitrogens with one attached hydrogen (secondary N) is 3. The quantitative estimate of drug-likeness (QED) is 0.604. The smallest absolute Gasteiger partial charge is 0.272 e. The number of carbonyl (C=O) groups excluding carboxylic acids is 1. The number of anilines is 1. The summed E-state index contributed by atoms with van der Waals surface area (Å²) < 4.78 is 25.4. The first-order valence-corrected chi connectivity index (χ1v) is 9.80. The van der Waals surface area contributed by atoms with Crippen molar-refractivity contribution in [2.75, 3.05) is 5.32 Å². The van der Waals surface area contributed by atoms with Crippen LogP contribution in [0.5, 0.6) is 0 Å². The highest BCUT2D eigenvalue weighted by Gasteiger charge is 2.15. The Morgan fingerprint density at radius 1 is 1.34 bits per heavy atom. The van der Waals surface area contributed by atoms with Crippen molar-refractivity contribution >= 4 is 34.5 Å². The van der Waals surface area contributed by atoms with Gasteiger partial charge in [0.2, 0.25) is 0 Å². The van der Waals surface area contributed by atoms with Crippen molar-refractivity contribution in [1.29, 1.82) is 0 Å². The second-order valence-corrected chi connectivity index (χ2v) is 7.61. The number of alkyl halides is 2. The minimum Gasteiger partial charge on any atom is -0.383 e. The van der Waals surface area contributed by atoms with Gasteiger partial charge in [-0.05, 0) is 43.7 Å². The predicted octanol–water partition coefficient (Wildman–Crippen LogP) is 4.83. The Kier molecular flexibility index (Phi) is 6.71. The molecule has 2 heterocycles. The van der Waals surface area contributed by atoms with E-state index >= 15 is 0 Å². The van der Waals surface area contributed by atoms with Gasteiger partial charge < -0.3 is 10.6 Å². The molecule has 6 nitrogen and oxygen atoms in total. The Balaban J connectivity index is 1.57. The molecule has 0 fully saturated rings. The van der Waals surface area contributed by atoms with E-state index in [1.54, 1.807) is 18.5 Å². The Labute approximate surface area is 171 Å². The second-order valence-electron chi connectivity index (χ2n) is 6.50. The number of thiophene rings is 1. The molecule has 3 N–H and O–H groups in total. The normalized spacial score (nSPS) is 16.2. The van der Waals surface area contributed by atoms with Gasteiger partial charge in [0.25, 0.3) is 12.3 Å². The van der Waals surface area contributed by atoms with Crippen LogP contribution in [-0.2, 0) is 0 Å². The molecule has 0 aliphatic carbocycles. The van der Waals surface area contributed by atoms with Crippen LogP contribution in [0.3, 0.4) is 0 Å². The summed E-state index contributed by atoms with van der Waals surface area (Å²) in [6, 6.07) is 10.0. The van der Waals surface area contributed by atoms with Gasteiger partial charge in [-0.15, -0.1) is 11.3 Å². The van der Waals surface area contributed by atoms with Gasteiger partial charge in [-0.1, -0.05) is 12.1 Å². The number of amidine groups is 1. The molecule has 152 valence electrons. The number of amides is 1. The summed E-state index contributed by atoms with van der Waals surface area (Å²) in [5.41, 5.74) is 5.40. The number of carbonyl (C=O) groups is 1. The van der Waals surface area contributed by atoms with E-state index in [9.17, 15) is 13.6 Å². The summed E-state index contributed by atoms with van der Waals surface area (Å²) in [6.07, 6.45) is 1.55. The molecule has 1 aromatic carbocycles. The van der Waals surface area contributed by atoms with Gasteiger partial charge in [-0.2, -0.15) is 5.10 Å². The predicted molar refractivity (Wildman–Crippen MR) is 113 cm³/mol. The van der Waals surface area contributed by atoms with Crippen molar-refractivity contribution in [2.45, 2.75) is 32.7 Å². The largest absolute Gasteiger partial charge is 0.383 e. The fourth-order valence-electron chi connectivity index (χ4n) is 2.64. The molecule has 2 aromatic rings. The fraction of sp³-hybridized carbons (Fsp3) is 0.250. The highest BCUT2D eigenvalue weighted by Crippen LogP contribution is 2.27. The number of hydrazone groups is 1. The lowest BCUT2D eigenvalue weighted by atomic mass is 10.1. The summed E-state index contributed by atoms with van der Waals surface area (Å²) in [6.45, 7) is 3.91. The maximum absolute atomic E-state index is 12.7. The maximum Gasteiger partial charge on any atom is 0.272 e. The molecule has 9 heteroatoms. The number of nitrogens with zero attached hydrogens (tertiary/aromatic N) is 2. The summed E-state index contributed by atoms with van der Waals surface area (Å²) in [5.74, 6) is 0.387. The lowest BCUT2D eigenvalue weighted by molar-refractivity contribution is 0.103. The van der Waals surface area contributed by atoms with Crippen molar-refractivity contribution in [2.24, 2.45) is 10.1 Å². The minimum atomic E-state index is -2.57. The maximum atomic E-state index is 12.7. The molecule has 1 atom stereocenters. The van der Waals surface area contributed by atoms with Gasteiger partial charge in [0.05, 0.1) is 9.75 Å². The van der Waals surface area contributed by atoms with Crippen molar-refractivity contribution in [1.82, 2.24) is 10.7 Å². The zero-order valence-corrected chi connectivity index (χ0v) is 16.8. The molecule has 1 aromatic heterocycles. The monoisotopic (exact) mass is 417 g/mol. The summed E-state index contributed by atoms with van der Waals surface area (Å²) in [5, 5.41) is 10.0. The molecule has 0 radical (unpaired) electrons. The molecule has 1 amide bonds. The number of hydrogen-bond donors (Lipinski definition) is 3. The molecular weight excluding hydrogens is 396 g/mol. The third kappa shape index (κ3) is 5.71. The fourth-order valence-corrected chi connectivity index (χ4v) is 3.40. The number of hydrogen-bond acceptors (Lipinski definition) is 5. The first-order chi connectivity index (χ1) is 13.9. The summed E-state index contributed by atoms with van der Waals surface area (Å²) >= 11 is 0.794. The zero-order chi connectivity index (χ0) is 20.8. The molecular formula is C20H21F2N5OS. The SMILES string of the molecule is CC1=NNC(=NC=CNC(C)c2cccc(NC(=O)c3ccc(C(F)F)s3)c2)C1. The van der Waals surface area contributed by atoms with E-state index in [0.717, 1.165) is 28.4 Å². The van der Waals surface area contributed by atoms with Crippen LogP contribution in [0.4, 0.5) is 14.5 Å². The first-order valence-electron chi connectivity index (χ1n) is 8.98. The topological polar surface area (TPSA) is 77.9 Å². The molecule has 0 saturated carbocycles. The highest BCUT2D eigenvalue weighted by molar-refractivity contribution is 7.14. The van der Waals surface area contributed by atoms with E-state index < -0.39 is 12.3 Å². The van der Waals surface area contributed by atoms with E-state index in [1.807, 2.05) is 32.0 Å². The number of aliphatic imine (C=N–C) groups is 1. The minimum absolute atomic E-state index is 0.0231. The van der Waals surface area contributed by atoms with Gasteiger partial charge in [0.15, 0.2) is 0 Å². The second kappa shape index (κ2) is 9.42. The summed E-state index contributed by atoms with van der Waals surface area (Å²) in [4.78, 5) is 16.7. The molecule has 0 saturated heterocycles. The van der Waals surface area contributed by atoms with Crippen LogP contribution in [0, 0.1) is 0 Å². The third-order valence-corrected chi connectivity index (χ3v) is 5.25. The van der Waals surface area contributed by atoms with Crippen molar-refractivity contribution < 1.29 is 13.6 Å². The lowest BCUT2D eigenvalue weighted by Gasteiger charge is -2.13. The van der Waals surface area contributed by atoms with E-state index in [4.69, 9.17) is 0 Å². The molecule has 0 bridgehead atoms. The van der Waals surface area contributed by atoms with E-state index in [-0.39, 0.29) is 15.8 Å². The number of halogens is 2. The molecule has 1 aliphatic rings. The number of benzene rings is 1. The number of rotatable bonds is 7. The van der Waals surface area contributed by atoms with E-state index in [2.05, 4.69) is 26.2 Å².